The predicted molar refractivity (Wildman–Crippen MR) is 209 cm³/mol. The second kappa shape index (κ2) is 14.7. The van der Waals surface area contributed by atoms with Crippen LogP contribution in [0.1, 0.15) is 60.3 Å². The Hall–Kier alpha value is -5.42. The third-order valence-corrected chi connectivity index (χ3v) is 9.27. The monoisotopic (exact) mass is 858 g/mol. The number of hydrogen-bond acceptors (Lipinski definition) is 4. The van der Waals surface area contributed by atoms with Crippen molar-refractivity contribution in [2.24, 2.45) is 0 Å². The molecule has 4 aromatic heterocycles. The number of pyridine rings is 2. The number of para-hydroxylation sites is 3. The molecule has 0 unspecified atom stereocenters. The molecule has 5 nitrogen and oxygen atoms in total. The SMILES string of the molecule is CC(C)c1cccc(C(C)C)c1-n1c(-c2[c-]ccc3c2oc2ccccc23)nc2cnc3ccccc3c21.[2H]C([2H])([2H])c1ccc(-c2[c-]cccc2)nc1.[Ir]. The van der Waals surface area contributed by atoms with E-state index in [1.807, 2.05) is 48.7 Å². The van der Waals surface area contributed by atoms with Crippen molar-refractivity contribution in [2.45, 2.75) is 46.4 Å². The molecule has 259 valence electrons. The van der Waals surface area contributed by atoms with Gasteiger partial charge in [-0.2, -0.15) is 0 Å². The molecule has 0 atom stereocenters. The summed E-state index contributed by atoms with van der Waals surface area (Å²) in [6.07, 6.45) is 3.28. The van der Waals surface area contributed by atoms with Crippen molar-refractivity contribution in [2.75, 3.05) is 0 Å². The van der Waals surface area contributed by atoms with Gasteiger partial charge >= 0.3 is 0 Å². The van der Waals surface area contributed by atoms with E-state index in [4.69, 9.17) is 18.5 Å². The maximum Gasteiger partial charge on any atom is 0.120 e. The molecule has 6 heteroatoms. The number of aryl methyl sites for hydroxylation is 1. The maximum absolute atomic E-state index is 7.23. The number of nitrogens with zero attached hydrogens (tertiary/aromatic N) is 4. The Balaban J connectivity index is 0.000000231. The Bertz CT molecular complexity index is 2740. The Kier molecular flexibility index (Phi) is 8.84. The predicted octanol–water partition coefficient (Wildman–Crippen LogP) is 12.0. The minimum atomic E-state index is -2.09. The van der Waals surface area contributed by atoms with Crippen LogP contribution in [0.25, 0.3) is 72.2 Å². The minimum Gasteiger partial charge on any atom is -0.501 e. The molecule has 0 N–H and O–H groups in total. The van der Waals surface area contributed by atoms with Crippen molar-refractivity contribution in [3.8, 4) is 28.3 Å². The van der Waals surface area contributed by atoms with Crippen LogP contribution in [0.5, 0.6) is 0 Å². The van der Waals surface area contributed by atoms with Crippen LogP contribution in [0.3, 0.4) is 0 Å². The third-order valence-electron chi connectivity index (χ3n) is 9.27. The normalized spacial score (nSPS) is 12.5. The molecule has 0 spiro atoms. The number of aromatic nitrogens is 4. The fourth-order valence-electron chi connectivity index (χ4n) is 6.82. The summed E-state index contributed by atoms with van der Waals surface area (Å²) in [5, 5.41) is 3.24. The Morgan fingerprint density at radius 2 is 1.42 bits per heavy atom. The van der Waals surface area contributed by atoms with E-state index < -0.39 is 6.85 Å². The molecule has 1 radical (unpaired) electrons. The van der Waals surface area contributed by atoms with E-state index in [-0.39, 0.29) is 25.7 Å². The number of benzene rings is 5. The summed E-state index contributed by atoms with van der Waals surface area (Å²) >= 11 is 0. The fraction of sp³-hybridized carbons (Fsp3) is 0.152. The van der Waals surface area contributed by atoms with Gasteiger partial charge in [-0.05, 0) is 53.2 Å². The number of furan rings is 1. The molecule has 0 amide bonds. The standard InChI is InChI=1S/C34H28N3O.C12H10N.Ir/c1-20(2)22-13-9-14-23(21(3)4)31(22)37-32-26-12-5-7-17-28(26)35-19-29(32)36-34(37)27-16-10-15-25-24-11-6-8-18-30(24)38-33(25)27;1-10-7-8-12(13-9-10)11-5-3-2-4-6-11;/h5-15,17-21H,1-4H3;2-5,7-9H,1H3;/q2*-1;/i;1D3;. The van der Waals surface area contributed by atoms with Crippen LogP contribution in [0.4, 0.5) is 0 Å². The molecule has 0 saturated heterocycles. The van der Waals surface area contributed by atoms with E-state index in [9.17, 15) is 0 Å². The quantitative estimate of drug-likeness (QED) is 0.162. The molecule has 0 aliphatic heterocycles. The minimum absolute atomic E-state index is 0. The second-order valence-corrected chi connectivity index (χ2v) is 13.3. The Morgan fingerprint density at radius 1 is 0.673 bits per heavy atom. The average molecular weight is 858 g/mol. The molecule has 5 aromatic carbocycles. The molecule has 4 heterocycles. The van der Waals surface area contributed by atoms with Crippen LogP contribution in [0.2, 0.25) is 0 Å². The van der Waals surface area contributed by atoms with Gasteiger partial charge in [-0.1, -0.05) is 105 Å². The fourth-order valence-corrected chi connectivity index (χ4v) is 6.82. The van der Waals surface area contributed by atoms with Crippen LogP contribution >= 0.6 is 0 Å². The van der Waals surface area contributed by atoms with Crippen LogP contribution in [0.15, 0.2) is 132 Å². The van der Waals surface area contributed by atoms with Crippen LogP contribution in [-0.4, -0.2) is 19.5 Å². The van der Waals surface area contributed by atoms with E-state index in [1.165, 1.54) is 23.0 Å². The average Bonchev–Trinajstić information content (AvgIpc) is 3.77. The summed E-state index contributed by atoms with van der Waals surface area (Å²) in [6, 6.07) is 44.5. The van der Waals surface area contributed by atoms with Gasteiger partial charge in [0.2, 0.25) is 0 Å². The molecule has 0 fully saturated rings. The molecule has 9 aromatic rings. The maximum atomic E-state index is 7.23. The second-order valence-electron chi connectivity index (χ2n) is 13.3. The number of imidazole rings is 1. The molecule has 52 heavy (non-hydrogen) atoms. The first-order chi connectivity index (χ1) is 26.1. The molecule has 0 bridgehead atoms. The van der Waals surface area contributed by atoms with Crippen molar-refractivity contribution in [3.05, 3.63) is 156 Å². The summed E-state index contributed by atoms with van der Waals surface area (Å²) in [4.78, 5) is 14.1. The Morgan fingerprint density at radius 3 is 2.13 bits per heavy atom. The van der Waals surface area contributed by atoms with Crippen molar-refractivity contribution in [1.29, 1.82) is 0 Å². The van der Waals surface area contributed by atoms with Crippen LogP contribution in [0, 0.1) is 19.0 Å². The van der Waals surface area contributed by atoms with Crippen molar-refractivity contribution < 1.29 is 28.6 Å². The Labute approximate surface area is 322 Å². The van der Waals surface area contributed by atoms with Crippen molar-refractivity contribution >= 4 is 43.9 Å². The van der Waals surface area contributed by atoms with E-state index in [0.717, 1.165) is 66.5 Å². The smallest absolute Gasteiger partial charge is 0.120 e. The van der Waals surface area contributed by atoms with Gasteiger partial charge in [0.05, 0.1) is 34.2 Å². The first kappa shape index (κ1) is 31.3. The molecular weight excluding hydrogens is 817 g/mol. The summed E-state index contributed by atoms with van der Waals surface area (Å²) in [5.41, 5.74) is 11.0. The van der Waals surface area contributed by atoms with E-state index in [0.29, 0.717) is 11.8 Å². The van der Waals surface area contributed by atoms with Gasteiger partial charge in [0.25, 0.3) is 0 Å². The number of hydrogen-bond donors (Lipinski definition) is 0. The molecule has 0 aliphatic carbocycles. The zero-order chi connectivity index (χ0) is 37.6. The van der Waals surface area contributed by atoms with E-state index in [2.05, 4.69) is 104 Å². The molecular formula is C46H38IrN4O-2. The third kappa shape index (κ3) is 6.34. The van der Waals surface area contributed by atoms with Crippen molar-refractivity contribution in [1.82, 2.24) is 19.5 Å². The molecule has 9 rings (SSSR count). The van der Waals surface area contributed by atoms with Gasteiger partial charge in [-0.3, -0.25) is 9.97 Å². The first-order valence-electron chi connectivity index (χ1n) is 18.8. The van der Waals surface area contributed by atoms with Crippen LogP contribution < -0.4 is 0 Å². The number of fused-ring (bicyclic) bond motifs is 6. The molecule has 0 aliphatic rings. The van der Waals surface area contributed by atoms with Crippen molar-refractivity contribution in [3.63, 3.8) is 0 Å². The van der Waals surface area contributed by atoms with Gasteiger partial charge in [-0.15, -0.1) is 54.1 Å². The van der Waals surface area contributed by atoms with E-state index >= 15 is 0 Å². The zero-order valence-electron chi connectivity index (χ0n) is 32.3. The van der Waals surface area contributed by atoms with Crippen LogP contribution in [-0.2, 0) is 20.1 Å². The van der Waals surface area contributed by atoms with Gasteiger partial charge in [0, 0.05) is 46.9 Å². The first-order valence-corrected chi connectivity index (χ1v) is 17.3. The summed E-state index contributed by atoms with van der Waals surface area (Å²) in [6.45, 7) is 6.94. The summed E-state index contributed by atoms with van der Waals surface area (Å²) in [7, 11) is 0. The van der Waals surface area contributed by atoms with Gasteiger partial charge in [-0.25, -0.2) is 0 Å². The zero-order valence-corrected chi connectivity index (χ0v) is 31.7. The topological polar surface area (TPSA) is 56.7 Å². The summed E-state index contributed by atoms with van der Waals surface area (Å²) < 4.78 is 30.5. The van der Waals surface area contributed by atoms with Gasteiger partial charge in [0.1, 0.15) is 5.58 Å². The number of rotatable bonds is 5. The summed E-state index contributed by atoms with van der Waals surface area (Å²) in [5.74, 6) is 1.47. The molecule has 0 saturated carbocycles. The largest absolute Gasteiger partial charge is 0.501 e. The van der Waals surface area contributed by atoms with Gasteiger partial charge < -0.3 is 14.0 Å². The van der Waals surface area contributed by atoms with Gasteiger partial charge in [0.15, 0.2) is 0 Å². The van der Waals surface area contributed by atoms with E-state index in [1.54, 1.807) is 18.2 Å².